The second-order valence-corrected chi connectivity index (χ2v) is 12.0. The number of anilines is 1. The quantitative estimate of drug-likeness (QED) is 0.275. The molecule has 0 unspecified atom stereocenters. The summed E-state index contributed by atoms with van der Waals surface area (Å²) >= 11 is 1.42. The number of ether oxygens (including phenoxy) is 1. The van der Waals surface area contributed by atoms with Gasteiger partial charge in [-0.1, -0.05) is 41.7 Å². The van der Waals surface area contributed by atoms with Crippen LogP contribution >= 0.6 is 11.3 Å². The average Bonchev–Trinajstić information content (AvgIpc) is 3.35. The van der Waals surface area contributed by atoms with Crippen molar-refractivity contribution < 1.29 is 19.4 Å². The summed E-state index contributed by atoms with van der Waals surface area (Å²) in [5.74, 6) is 0.330. The Morgan fingerprint density at radius 1 is 1.05 bits per heavy atom. The highest BCUT2D eigenvalue weighted by molar-refractivity contribution is 7.22. The van der Waals surface area contributed by atoms with E-state index < -0.39 is 11.2 Å². The Bertz CT molecular complexity index is 1540. The van der Waals surface area contributed by atoms with Gasteiger partial charge in [-0.15, -0.1) is 0 Å². The standard InChI is InChI=1S/C30H34N6O4S/c1-5-31-26(37)35-27-34-23-16-20(15-22(24(23)41-27)19-9-7-6-8-10-19)21-17-32-25(33-18-21)30(39)11-13-36(14-12-30)28(38)40-29(2,3)4/h6-10,15-18,39H,5,11-14H2,1-4H3,(H2,31,34,35,37). The molecule has 0 spiro atoms. The third-order valence-corrected chi connectivity index (χ3v) is 7.80. The molecule has 3 N–H and O–H groups in total. The number of piperidine rings is 1. The summed E-state index contributed by atoms with van der Waals surface area (Å²) in [4.78, 5) is 39.9. The van der Waals surface area contributed by atoms with Crippen molar-refractivity contribution in [1.29, 1.82) is 0 Å². The summed E-state index contributed by atoms with van der Waals surface area (Å²) < 4.78 is 6.42. The van der Waals surface area contributed by atoms with Gasteiger partial charge in [0.05, 0.1) is 10.2 Å². The van der Waals surface area contributed by atoms with E-state index in [1.54, 1.807) is 17.3 Å². The first-order valence-electron chi connectivity index (χ1n) is 13.6. The molecule has 4 aromatic rings. The molecular formula is C30H34N6O4S. The number of likely N-dealkylation sites (tertiary alicyclic amines) is 1. The molecule has 214 valence electrons. The van der Waals surface area contributed by atoms with E-state index in [0.717, 1.165) is 32.5 Å². The number of aromatic nitrogens is 3. The summed E-state index contributed by atoms with van der Waals surface area (Å²) in [5, 5.41) is 17.4. The molecule has 41 heavy (non-hydrogen) atoms. The van der Waals surface area contributed by atoms with Crippen molar-refractivity contribution in [3.63, 3.8) is 0 Å². The minimum absolute atomic E-state index is 0.299. The first-order chi connectivity index (χ1) is 19.5. The third-order valence-electron chi connectivity index (χ3n) is 6.78. The number of fused-ring (bicyclic) bond motifs is 1. The van der Waals surface area contributed by atoms with E-state index in [0.29, 0.717) is 43.4 Å². The van der Waals surface area contributed by atoms with Crippen LogP contribution in [0.4, 0.5) is 14.7 Å². The molecule has 0 aliphatic carbocycles. The van der Waals surface area contributed by atoms with Crippen LogP contribution in [0, 0.1) is 0 Å². The minimum Gasteiger partial charge on any atom is -0.444 e. The molecular weight excluding hydrogens is 540 g/mol. The molecule has 2 aromatic carbocycles. The SMILES string of the molecule is CCNC(=O)Nc1nc2cc(-c3cnc(C4(O)CCN(C(=O)OC(C)(C)C)CC4)nc3)cc(-c3ccccc3)c2s1. The molecule has 0 radical (unpaired) electrons. The molecule has 1 aliphatic heterocycles. The van der Waals surface area contributed by atoms with Crippen LogP contribution < -0.4 is 10.6 Å². The van der Waals surface area contributed by atoms with Crippen LogP contribution in [-0.4, -0.2) is 62.3 Å². The van der Waals surface area contributed by atoms with Crippen molar-refractivity contribution in [3.8, 4) is 22.3 Å². The zero-order valence-corrected chi connectivity index (χ0v) is 24.4. The number of carbonyl (C=O) groups is 2. The molecule has 1 fully saturated rings. The van der Waals surface area contributed by atoms with E-state index in [9.17, 15) is 14.7 Å². The van der Waals surface area contributed by atoms with Gasteiger partial charge in [0.1, 0.15) is 11.2 Å². The number of hydrogen-bond acceptors (Lipinski definition) is 8. The normalized spacial score (nSPS) is 15.0. The second-order valence-electron chi connectivity index (χ2n) is 11.0. The highest BCUT2D eigenvalue weighted by Crippen LogP contribution is 2.39. The van der Waals surface area contributed by atoms with E-state index >= 15 is 0 Å². The Morgan fingerprint density at radius 2 is 1.73 bits per heavy atom. The maximum Gasteiger partial charge on any atom is 0.410 e. The first-order valence-corrected chi connectivity index (χ1v) is 14.4. The monoisotopic (exact) mass is 574 g/mol. The number of carbonyl (C=O) groups excluding carboxylic acids is 2. The predicted molar refractivity (Wildman–Crippen MR) is 160 cm³/mol. The summed E-state index contributed by atoms with van der Waals surface area (Å²) in [5.41, 5.74) is 2.58. The van der Waals surface area contributed by atoms with Crippen LogP contribution in [0.1, 0.15) is 46.4 Å². The fourth-order valence-corrected chi connectivity index (χ4v) is 5.69. The number of urea groups is 1. The fourth-order valence-electron chi connectivity index (χ4n) is 4.71. The fraction of sp³-hybridized carbons (Fsp3) is 0.367. The van der Waals surface area contributed by atoms with Crippen molar-refractivity contribution >= 4 is 38.8 Å². The van der Waals surface area contributed by atoms with Gasteiger partial charge in [0, 0.05) is 56.0 Å². The minimum atomic E-state index is -1.23. The Hall–Kier alpha value is -4.09. The number of amides is 3. The lowest BCUT2D eigenvalue weighted by atomic mass is 9.90. The lowest BCUT2D eigenvalue weighted by Crippen LogP contribution is -2.47. The van der Waals surface area contributed by atoms with Gasteiger partial charge in [-0.05, 0) is 51.0 Å². The first kappa shape index (κ1) is 28.4. The van der Waals surface area contributed by atoms with Crippen molar-refractivity contribution in [2.24, 2.45) is 0 Å². The van der Waals surface area contributed by atoms with Crippen LogP contribution in [0.15, 0.2) is 54.9 Å². The van der Waals surface area contributed by atoms with Crippen LogP contribution in [0.3, 0.4) is 0 Å². The van der Waals surface area contributed by atoms with Gasteiger partial charge in [-0.2, -0.15) is 0 Å². The maximum atomic E-state index is 12.4. The zero-order valence-electron chi connectivity index (χ0n) is 23.6. The zero-order chi connectivity index (χ0) is 29.2. The molecule has 2 aromatic heterocycles. The van der Waals surface area contributed by atoms with Gasteiger partial charge in [0.15, 0.2) is 11.0 Å². The highest BCUT2D eigenvalue weighted by atomic mass is 32.1. The molecule has 0 bridgehead atoms. The van der Waals surface area contributed by atoms with Gasteiger partial charge in [0.2, 0.25) is 0 Å². The Morgan fingerprint density at radius 3 is 2.37 bits per heavy atom. The Labute approximate surface area is 242 Å². The number of thiazole rings is 1. The Kier molecular flexibility index (Phi) is 7.92. The molecule has 11 heteroatoms. The molecule has 5 rings (SSSR count). The Balaban J connectivity index is 1.40. The smallest absolute Gasteiger partial charge is 0.410 e. The van der Waals surface area contributed by atoms with E-state index in [1.165, 1.54) is 11.3 Å². The van der Waals surface area contributed by atoms with E-state index in [1.807, 2.05) is 64.1 Å². The number of nitrogens with one attached hydrogen (secondary N) is 2. The predicted octanol–water partition coefficient (Wildman–Crippen LogP) is 5.78. The average molecular weight is 575 g/mol. The van der Waals surface area contributed by atoms with Crippen molar-refractivity contribution in [2.75, 3.05) is 25.0 Å². The molecule has 0 saturated carbocycles. The number of rotatable bonds is 5. The highest BCUT2D eigenvalue weighted by Gasteiger charge is 2.39. The van der Waals surface area contributed by atoms with Gasteiger partial charge in [-0.3, -0.25) is 5.32 Å². The van der Waals surface area contributed by atoms with Crippen LogP contribution in [0.2, 0.25) is 0 Å². The van der Waals surface area contributed by atoms with Gasteiger partial charge in [0.25, 0.3) is 0 Å². The number of benzene rings is 2. The number of hydrogen-bond donors (Lipinski definition) is 3. The van der Waals surface area contributed by atoms with E-state index in [4.69, 9.17) is 4.74 Å². The molecule has 1 aliphatic rings. The summed E-state index contributed by atoms with van der Waals surface area (Å²) in [6.07, 6.45) is 3.66. The van der Waals surface area contributed by atoms with Gasteiger partial charge < -0.3 is 20.1 Å². The second kappa shape index (κ2) is 11.4. The molecule has 3 amide bonds. The molecule has 10 nitrogen and oxygen atoms in total. The lowest BCUT2D eigenvalue weighted by molar-refractivity contribution is -0.0409. The third kappa shape index (κ3) is 6.47. The van der Waals surface area contributed by atoms with E-state index in [2.05, 4.69) is 31.7 Å². The molecule has 0 atom stereocenters. The summed E-state index contributed by atoms with van der Waals surface area (Å²) in [6, 6.07) is 13.7. The van der Waals surface area contributed by atoms with Crippen molar-refractivity contribution in [2.45, 2.75) is 51.7 Å². The van der Waals surface area contributed by atoms with Crippen LogP contribution in [0.5, 0.6) is 0 Å². The van der Waals surface area contributed by atoms with Crippen molar-refractivity contribution in [3.05, 3.63) is 60.7 Å². The number of nitrogens with zero attached hydrogens (tertiary/aromatic N) is 4. The lowest BCUT2D eigenvalue weighted by Gasteiger charge is -2.37. The van der Waals surface area contributed by atoms with Crippen LogP contribution in [0.25, 0.3) is 32.5 Å². The van der Waals surface area contributed by atoms with Crippen molar-refractivity contribution in [1.82, 2.24) is 25.2 Å². The van der Waals surface area contributed by atoms with Crippen LogP contribution in [-0.2, 0) is 10.3 Å². The van der Waals surface area contributed by atoms with E-state index in [-0.39, 0.29) is 12.1 Å². The summed E-state index contributed by atoms with van der Waals surface area (Å²) in [7, 11) is 0. The van der Waals surface area contributed by atoms with Gasteiger partial charge in [-0.25, -0.2) is 24.5 Å². The maximum absolute atomic E-state index is 12.4. The topological polar surface area (TPSA) is 130 Å². The molecule has 1 saturated heterocycles. The molecule has 3 heterocycles. The largest absolute Gasteiger partial charge is 0.444 e. The van der Waals surface area contributed by atoms with Gasteiger partial charge >= 0.3 is 12.1 Å². The summed E-state index contributed by atoms with van der Waals surface area (Å²) in [6.45, 7) is 8.57. The number of aliphatic hydroxyl groups is 1.